The SMILES string of the molecule is C[C@@H](CO)Nc1nc(NCc2ccccn2)cc(-c2cccc(OC(F)(F)F)c2)n1. The van der Waals surface area contributed by atoms with E-state index in [0.29, 0.717) is 23.6 Å². The Kier molecular flexibility index (Phi) is 6.68. The Bertz CT molecular complexity index is 970. The van der Waals surface area contributed by atoms with Crippen molar-refractivity contribution in [1.29, 1.82) is 0 Å². The minimum absolute atomic E-state index is 0.140. The van der Waals surface area contributed by atoms with E-state index in [-0.39, 0.29) is 24.3 Å². The molecule has 30 heavy (non-hydrogen) atoms. The van der Waals surface area contributed by atoms with Crippen LogP contribution in [0.4, 0.5) is 24.9 Å². The zero-order valence-corrected chi connectivity index (χ0v) is 16.0. The van der Waals surface area contributed by atoms with Crippen molar-refractivity contribution in [3.8, 4) is 17.0 Å². The molecule has 2 aromatic heterocycles. The van der Waals surface area contributed by atoms with Gasteiger partial charge in [0.25, 0.3) is 0 Å². The molecule has 10 heteroatoms. The van der Waals surface area contributed by atoms with Gasteiger partial charge in [0, 0.05) is 23.9 Å². The van der Waals surface area contributed by atoms with Crippen LogP contribution in [0.2, 0.25) is 0 Å². The maximum Gasteiger partial charge on any atom is 0.573 e. The molecular weight excluding hydrogens is 399 g/mol. The van der Waals surface area contributed by atoms with Gasteiger partial charge in [0.15, 0.2) is 0 Å². The summed E-state index contributed by atoms with van der Waals surface area (Å²) in [6.07, 6.45) is -3.12. The van der Waals surface area contributed by atoms with Crippen molar-refractivity contribution in [2.24, 2.45) is 0 Å². The predicted molar refractivity (Wildman–Crippen MR) is 106 cm³/mol. The van der Waals surface area contributed by atoms with E-state index in [1.54, 1.807) is 31.3 Å². The fourth-order valence-electron chi connectivity index (χ4n) is 2.55. The summed E-state index contributed by atoms with van der Waals surface area (Å²) in [5.74, 6) is 0.319. The van der Waals surface area contributed by atoms with Gasteiger partial charge in [-0.15, -0.1) is 13.2 Å². The Morgan fingerprint density at radius 3 is 2.63 bits per heavy atom. The number of aliphatic hydroxyl groups excluding tert-OH is 1. The zero-order chi connectivity index (χ0) is 21.6. The van der Waals surface area contributed by atoms with Crippen LogP contribution in [0.15, 0.2) is 54.7 Å². The van der Waals surface area contributed by atoms with Crippen LogP contribution in [0.3, 0.4) is 0 Å². The van der Waals surface area contributed by atoms with E-state index in [2.05, 4.69) is 30.3 Å². The van der Waals surface area contributed by atoms with E-state index in [1.807, 2.05) is 12.1 Å². The Morgan fingerprint density at radius 1 is 1.10 bits per heavy atom. The molecule has 0 bridgehead atoms. The molecule has 0 aliphatic carbocycles. The largest absolute Gasteiger partial charge is 0.573 e. The number of benzene rings is 1. The van der Waals surface area contributed by atoms with Crippen LogP contribution in [-0.4, -0.2) is 39.1 Å². The van der Waals surface area contributed by atoms with Crippen molar-refractivity contribution >= 4 is 11.8 Å². The lowest BCUT2D eigenvalue weighted by Gasteiger charge is -2.15. The van der Waals surface area contributed by atoms with Crippen molar-refractivity contribution in [1.82, 2.24) is 15.0 Å². The molecule has 158 valence electrons. The van der Waals surface area contributed by atoms with Gasteiger partial charge < -0.3 is 20.5 Å². The number of nitrogens with one attached hydrogen (secondary N) is 2. The monoisotopic (exact) mass is 419 g/mol. The number of halogens is 3. The van der Waals surface area contributed by atoms with Gasteiger partial charge in [0.2, 0.25) is 5.95 Å². The van der Waals surface area contributed by atoms with Gasteiger partial charge in [-0.25, -0.2) is 4.98 Å². The molecule has 7 nitrogen and oxygen atoms in total. The third kappa shape index (κ3) is 6.31. The lowest BCUT2D eigenvalue weighted by Crippen LogP contribution is -2.21. The Labute approximate surface area is 171 Å². The van der Waals surface area contributed by atoms with Crippen molar-refractivity contribution in [2.45, 2.75) is 25.9 Å². The Morgan fingerprint density at radius 2 is 1.93 bits per heavy atom. The number of pyridine rings is 1. The maximum atomic E-state index is 12.6. The molecule has 0 radical (unpaired) electrons. The van der Waals surface area contributed by atoms with E-state index >= 15 is 0 Å². The molecule has 0 saturated carbocycles. The second-order valence-electron chi connectivity index (χ2n) is 6.44. The van der Waals surface area contributed by atoms with Gasteiger partial charge in [-0.3, -0.25) is 4.98 Å². The molecule has 3 N–H and O–H groups in total. The first kappa shape index (κ1) is 21.3. The minimum Gasteiger partial charge on any atom is -0.406 e. The number of aliphatic hydroxyl groups is 1. The average molecular weight is 419 g/mol. The second kappa shape index (κ2) is 9.40. The molecule has 0 saturated heterocycles. The summed E-state index contributed by atoms with van der Waals surface area (Å²) in [6, 6.07) is 12.3. The van der Waals surface area contributed by atoms with Gasteiger partial charge in [0.1, 0.15) is 11.6 Å². The van der Waals surface area contributed by atoms with Crippen molar-refractivity contribution < 1.29 is 23.0 Å². The first-order chi connectivity index (χ1) is 14.3. The molecule has 0 aliphatic rings. The Balaban J connectivity index is 1.90. The number of hydrogen-bond donors (Lipinski definition) is 3. The summed E-state index contributed by atoms with van der Waals surface area (Å²) in [5.41, 5.74) is 1.59. The lowest BCUT2D eigenvalue weighted by atomic mass is 10.1. The number of alkyl halides is 3. The smallest absolute Gasteiger partial charge is 0.406 e. The number of anilines is 2. The molecule has 1 aromatic carbocycles. The molecule has 3 rings (SSSR count). The molecule has 0 spiro atoms. The van der Waals surface area contributed by atoms with E-state index in [4.69, 9.17) is 0 Å². The summed E-state index contributed by atoms with van der Waals surface area (Å²) < 4.78 is 41.6. The molecule has 0 unspecified atom stereocenters. The summed E-state index contributed by atoms with van der Waals surface area (Å²) in [4.78, 5) is 12.9. The van der Waals surface area contributed by atoms with Gasteiger partial charge in [-0.05, 0) is 31.2 Å². The molecular formula is C20H20F3N5O2. The standard InChI is InChI=1S/C20H20F3N5O2/c1-13(12-29)26-19-27-17(14-5-4-7-16(9-14)30-20(21,22)23)10-18(28-19)25-11-15-6-2-3-8-24-15/h2-10,13,29H,11-12H2,1H3,(H2,25,26,27,28)/t13-/m0/s1. The highest BCUT2D eigenvalue weighted by Gasteiger charge is 2.31. The van der Waals surface area contributed by atoms with Gasteiger partial charge in [-0.1, -0.05) is 18.2 Å². The molecule has 0 amide bonds. The summed E-state index contributed by atoms with van der Waals surface area (Å²) in [6.45, 7) is 2.00. The van der Waals surface area contributed by atoms with Gasteiger partial charge >= 0.3 is 6.36 Å². The highest BCUT2D eigenvalue weighted by Crippen LogP contribution is 2.28. The number of rotatable bonds is 8. The lowest BCUT2D eigenvalue weighted by molar-refractivity contribution is -0.274. The summed E-state index contributed by atoms with van der Waals surface area (Å²) in [7, 11) is 0. The number of ether oxygens (including phenoxy) is 1. The van der Waals surface area contributed by atoms with Gasteiger partial charge in [0.05, 0.1) is 24.5 Å². The molecule has 3 aromatic rings. The number of aromatic nitrogens is 3. The fraction of sp³-hybridized carbons (Fsp3) is 0.250. The third-order valence-electron chi connectivity index (χ3n) is 3.92. The summed E-state index contributed by atoms with van der Waals surface area (Å²) >= 11 is 0. The van der Waals surface area contributed by atoms with Crippen molar-refractivity contribution in [3.63, 3.8) is 0 Å². The number of hydrogen-bond acceptors (Lipinski definition) is 7. The second-order valence-corrected chi connectivity index (χ2v) is 6.44. The molecule has 1 atom stereocenters. The third-order valence-corrected chi connectivity index (χ3v) is 3.92. The average Bonchev–Trinajstić information content (AvgIpc) is 2.72. The van der Waals surface area contributed by atoms with E-state index in [1.165, 1.54) is 18.2 Å². The highest BCUT2D eigenvalue weighted by molar-refractivity contribution is 5.66. The topological polar surface area (TPSA) is 92.2 Å². The fourth-order valence-corrected chi connectivity index (χ4v) is 2.55. The predicted octanol–water partition coefficient (Wildman–Crippen LogP) is 3.84. The van der Waals surface area contributed by atoms with Crippen molar-refractivity contribution in [3.05, 3.63) is 60.4 Å². The first-order valence-electron chi connectivity index (χ1n) is 9.09. The van der Waals surface area contributed by atoms with E-state index in [9.17, 15) is 18.3 Å². The van der Waals surface area contributed by atoms with Crippen LogP contribution in [0.1, 0.15) is 12.6 Å². The maximum absolute atomic E-state index is 12.6. The normalized spacial score (nSPS) is 12.3. The van der Waals surface area contributed by atoms with Crippen LogP contribution in [0, 0.1) is 0 Å². The first-order valence-corrected chi connectivity index (χ1v) is 9.09. The molecule has 0 fully saturated rings. The quantitative estimate of drug-likeness (QED) is 0.511. The van der Waals surface area contributed by atoms with Crippen LogP contribution >= 0.6 is 0 Å². The highest BCUT2D eigenvalue weighted by atomic mass is 19.4. The van der Waals surface area contributed by atoms with Gasteiger partial charge in [-0.2, -0.15) is 4.98 Å². The van der Waals surface area contributed by atoms with Crippen LogP contribution < -0.4 is 15.4 Å². The van der Waals surface area contributed by atoms with Crippen LogP contribution in [0.5, 0.6) is 5.75 Å². The zero-order valence-electron chi connectivity index (χ0n) is 16.0. The van der Waals surface area contributed by atoms with E-state index in [0.717, 1.165) is 5.69 Å². The van der Waals surface area contributed by atoms with E-state index < -0.39 is 6.36 Å². The number of nitrogens with zero attached hydrogens (tertiary/aromatic N) is 3. The minimum atomic E-state index is -4.79. The summed E-state index contributed by atoms with van der Waals surface area (Å²) in [5, 5.41) is 15.4. The Hall–Kier alpha value is -3.40. The van der Waals surface area contributed by atoms with Crippen LogP contribution in [-0.2, 0) is 6.54 Å². The van der Waals surface area contributed by atoms with Crippen molar-refractivity contribution in [2.75, 3.05) is 17.2 Å². The molecule has 0 aliphatic heterocycles. The van der Waals surface area contributed by atoms with Crippen LogP contribution in [0.25, 0.3) is 11.3 Å². The molecule has 2 heterocycles.